The van der Waals surface area contributed by atoms with Gasteiger partial charge >= 0.3 is 0 Å². The smallest absolute Gasteiger partial charge is 0.127 e. The van der Waals surface area contributed by atoms with Gasteiger partial charge in [0.2, 0.25) is 0 Å². The molecule has 2 atom stereocenters. The largest absolute Gasteiger partial charge is 0.544 e. The molecule has 0 spiro atoms. The second kappa shape index (κ2) is 12.0. The van der Waals surface area contributed by atoms with Gasteiger partial charge in [0.15, 0.2) is 0 Å². The van der Waals surface area contributed by atoms with Crippen LogP contribution in [-0.2, 0) is 29.1 Å². The minimum Gasteiger partial charge on any atom is -0.544 e. The summed E-state index contributed by atoms with van der Waals surface area (Å²) < 4.78 is 13.5. The topological polar surface area (TPSA) is 157 Å². The number of hydrogen-bond donors (Lipinski definition) is 5. The number of benzene rings is 2. The van der Waals surface area contributed by atoms with Gasteiger partial charge in [-0.05, 0) is 35.9 Å². The molecule has 0 bridgehead atoms. The van der Waals surface area contributed by atoms with Gasteiger partial charge in [-0.1, -0.05) is 6.07 Å². The van der Waals surface area contributed by atoms with Crippen molar-refractivity contribution in [2.45, 2.75) is 19.5 Å². The second-order valence-corrected chi connectivity index (χ2v) is 7.79. The van der Waals surface area contributed by atoms with Gasteiger partial charge in [-0.3, -0.25) is 0 Å². The number of phenolic OH excluding ortho intramolecular Hbond substituents is 2. The number of nitrogens with one attached hydrogen (secondary N) is 2. The van der Waals surface area contributed by atoms with Crippen LogP contribution < -0.4 is 25.7 Å². The standard InChI is InChI=1S/C22H28FN3O6/c23-18-2-4-20(28)17(10-18)12-26(14-22(31)32)8-7-25(13-21(29)30)11-16-9-15(5-6-24)1-3-19(16)27/h1-4,9-10,27-28H,5-8,11-14,24H2,(H,29,30)(H,31,32)/p+1. The molecule has 0 saturated carbocycles. The van der Waals surface area contributed by atoms with E-state index in [0.29, 0.717) is 28.3 Å². The van der Waals surface area contributed by atoms with Gasteiger partial charge in [0.05, 0.1) is 24.0 Å². The van der Waals surface area contributed by atoms with Gasteiger partial charge in [0, 0.05) is 12.0 Å². The third-order valence-corrected chi connectivity index (χ3v) is 5.15. The summed E-state index contributed by atoms with van der Waals surface area (Å²) >= 11 is 0. The van der Waals surface area contributed by atoms with E-state index in [2.05, 4.69) is 5.73 Å². The number of aliphatic carboxylic acids is 2. The molecule has 0 aliphatic carbocycles. The number of rotatable bonds is 13. The van der Waals surface area contributed by atoms with Crippen LogP contribution in [0.3, 0.4) is 0 Å². The van der Waals surface area contributed by atoms with Gasteiger partial charge in [0.1, 0.15) is 56.6 Å². The number of carbonyl (C=O) groups is 2. The molecule has 32 heavy (non-hydrogen) atoms. The molecule has 0 heterocycles. The molecule has 2 aromatic rings. The van der Waals surface area contributed by atoms with E-state index in [9.17, 15) is 34.4 Å². The lowest BCUT2D eigenvalue weighted by atomic mass is 10.1. The van der Waals surface area contributed by atoms with Crippen molar-refractivity contribution in [3.05, 3.63) is 58.9 Å². The lowest BCUT2D eigenvalue weighted by Crippen LogP contribution is -3.20. The maximum atomic E-state index is 13.5. The second-order valence-electron chi connectivity index (χ2n) is 7.79. The first-order valence-corrected chi connectivity index (χ1v) is 10.3. The number of aromatic hydroxyl groups is 2. The van der Waals surface area contributed by atoms with Crippen molar-refractivity contribution in [3.63, 3.8) is 0 Å². The molecule has 2 unspecified atom stereocenters. The van der Waals surface area contributed by atoms with Crippen molar-refractivity contribution in [3.8, 4) is 11.5 Å². The van der Waals surface area contributed by atoms with E-state index >= 15 is 0 Å². The summed E-state index contributed by atoms with van der Waals surface area (Å²) in [7, 11) is 0. The summed E-state index contributed by atoms with van der Waals surface area (Å²) in [5.74, 6) is -3.29. The molecule has 0 fully saturated rings. The van der Waals surface area contributed by atoms with E-state index in [-0.39, 0.29) is 49.8 Å². The summed E-state index contributed by atoms with van der Waals surface area (Å²) in [6.45, 7) is 0.558. The third kappa shape index (κ3) is 8.14. The van der Waals surface area contributed by atoms with Crippen molar-refractivity contribution >= 4 is 11.9 Å². The predicted molar refractivity (Wildman–Crippen MR) is 106 cm³/mol. The fourth-order valence-electron chi connectivity index (χ4n) is 3.61. The number of phenols is 2. The summed E-state index contributed by atoms with van der Waals surface area (Å²) in [5.41, 5.74) is 5.57. The van der Waals surface area contributed by atoms with E-state index in [0.717, 1.165) is 17.7 Å². The molecule has 0 aliphatic rings. The Bertz CT molecular complexity index is 940. The Kier molecular flexibility index (Phi) is 9.39. The highest BCUT2D eigenvalue weighted by molar-refractivity contribution is 5.65. The van der Waals surface area contributed by atoms with Crippen molar-refractivity contribution in [2.75, 3.05) is 32.7 Å². The number of quaternary nitrogens is 3. The minimum absolute atomic E-state index is 0.0143. The van der Waals surface area contributed by atoms with Crippen LogP contribution in [0.15, 0.2) is 36.4 Å². The maximum Gasteiger partial charge on any atom is 0.127 e. The molecular weight excluding hydrogens is 421 g/mol. The minimum atomic E-state index is -1.32. The molecule has 9 nitrogen and oxygen atoms in total. The Morgan fingerprint density at radius 2 is 1.38 bits per heavy atom. The van der Waals surface area contributed by atoms with E-state index in [1.165, 1.54) is 6.07 Å². The van der Waals surface area contributed by atoms with E-state index < -0.39 is 24.3 Å². The Labute approximate surface area is 185 Å². The first kappa shape index (κ1) is 25.1. The zero-order valence-electron chi connectivity index (χ0n) is 17.7. The zero-order valence-corrected chi connectivity index (χ0v) is 17.7. The van der Waals surface area contributed by atoms with Crippen LogP contribution in [0.25, 0.3) is 0 Å². The Morgan fingerprint density at radius 1 is 0.875 bits per heavy atom. The third-order valence-electron chi connectivity index (χ3n) is 5.15. The highest BCUT2D eigenvalue weighted by Gasteiger charge is 2.19. The van der Waals surface area contributed by atoms with Crippen LogP contribution in [0, 0.1) is 5.82 Å². The molecule has 0 aliphatic heterocycles. The Morgan fingerprint density at radius 3 is 1.88 bits per heavy atom. The van der Waals surface area contributed by atoms with E-state index in [1.807, 2.05) is 0 Å². The molecule has 7 N–H and O–H groups in total. The molecule has 0 amide bonds. The molecule has 2 rings (SSSR count). The Hall–Kier alpha value is -3.21. The quantitative estimate of drug-likeness (QED) is 0.206. The lowest BCUT2D eigenvalue weighted by molar-refractivity contribution is -0.965. The number of carboxylic acids is 2. The lowest BCUT2D eigenvalue weighted by Gasteiger charge is -2.25. The van der Waals surface area contributed by atoms with Gasteiger partial charge in [-0.15, -0.1) is 0 Å². The van der Waals surface area contributed by atoms with Gasteiger partial charge in [-0.2, -0.15) is 0 Å². The van der Waals surface area contributed by atoms with E-state index in [4.69, 9.17) is 0 Å². The molecular formula is C22H29FN3O6+. The number of carboxylic acid groups (broad SMARTS) is 2. The summed E-state index contributed by atoms with van der Waals surface area (Å²) in [6.07, 6.45) is 0.712. The average Bonchev–Trinajstić information content (AvgIpc) is 2.70. The molecule has 0 aromatic heterocycles. The van der Waals surface area contributed by atoms with Crippen LogP contribution in [0.5, 0.6) is 11.5 Å². The van der Waals surface area contributed by atoms with Crippen molar-refractivity contribution in [1.82, 2.24) is 0 Å². The van der Waals surface area contributed by atoms with Crippen LogP contribution in [-0.4, -0.2) is 54.9 Å². The number of carbonyl (C=O) groups excluding carboxylic acids is 2. The Balaban J connectivity index is 2.15. The highest BCUT2D eigenvalue weighted by Crippen LogP contribution is 2.18. The van der Waals surface area contributed by atoms with Crippen LogP contribution >= 0.6 is 0 Å². The van der Waals surface area contributed by atoms with Crippen molar-refractivity contribution in [1.29, 1.82) is 0 Å². The summed E-state index contributed by atoms with van der Waals surface area (Å²) in [5, 5.41) is 42.6. The van der Waals surface area contributed by atoms with Crippen LogP contribution in [0.2, 0.25) is 0 Å². The van der Waals surface area contributed by atoms with Crippen molar-refractivity contribution in [2.24, 2.45) is 0 Å². The number of hydrogen-bond acceptors (Lipinski definition) is 6. The van der Waals surface area contributed by atoms with Gasteiger partial charge in [-0.25, -0.2) is 4.39 Å². The van der Waals surface area contributed by atoms with Crippen LogP contribution in [0.4, 0.5) is 4.39 Å². The molecule has 0 saturated heterocycles. The zero-order chi connectivity index (χ0) is 23.7. The summed E-state index contributed by atoms with van der Waals surface area (Å²) in [4.78, 5) is 23.5. The number of halogens is 1. The van der Waals surface area contributed by atoms with Crippen LogP contribution in [0.1, 0.15) is 16.7 Å². The summed E-state index contributed by atoms with van der Waals surface area (Å²) in [6, 6.07) is 8.54. The first-order valence-electron chi connectivity index (χ1n) is 10.3. The van der Waals surface area contributed by atoms with Gasteiger partial charge < -0.3 is 45.5 Å². The maximum absolute atomic E-state index is 13.5. The molecule has 2 aromatic carbocycles. The van der Waals surface area contributed by atoms with Crippen molar-refractivity contribution < 1.29 is 49.9 Å². The SMILES string of the molecule is [NH3+]CCc1ccc(O)c(C[NH+](CC[NH+](CC(=O)[O-])Cc2cc(F)ccc2O)CC(=O)[O-])c1. The van der Waals surface area contributed by atoms with E-state index in [1.54, 1.807) is 18.2 Å². The molecule has 10 heteroatoms. The normalized spacial score (nSPS) is 12.9. The molecule has 174 valence electrons. The fourth-order valence-corrected chi connectivity index (χ4v) is 3.61. The average molecular weight is 450 g/mol. The fraction of sp³-hybridized carbons (Fsp3) is 0.364. The first-order chi connectivity index (χ1) is 15.2. The predicted octanol–water partition coefficient (Wildman–Crippen LogP) is -5.01. The van der Waals surface area contributed by atoms with Gasteiger partial charge in [0.25, 0.3) is 0 Å². The highest BCUT2D eigenvalue weighted by atomic mass is 19.1. The monoisotopic (exact) mass is 450 g/mol. The molecule has 0 radical (unpaired) electrons.